The van der Waals surface area contributed by atoms with E-state index in [0.717, 1.165) is 33.7 Å². The highest BCUT2D eigenvalue weighted by molar-refractivity contribution is 5.97. The fourth-order valence-electron chi connectivity index (χ4n) is 2.69. The number of hydrogen-bond acceptors (Lipinski definition) is 5. The maximum absolute atomic E-state index is 6.15. The molecule has 0 aliphatic rings. The first-order valence-corrected chi connectivity index (χ1v) is 7.62. The lowest BCUT2D eigenvalue weighted by Crippen LogP contribution is -2.03. The van der Waals surface area contributed by atoms with Crippen molar-refractivity contribution in [3.63, 3.8) is 0 Å². The Morgan fingerprint density at radius 2 is 2.17 bits per heavy atom. The number of nitrogens with one attached hydrogen (secondary N) is 2. The standard InChI is InChI=1S/C17H17N7/c1-24-16(18)14(10-22-24)13-8-15(23-17-12(13)5-7-20-17)21-9-11-4-2-3-6-19-11/h2-8,10H,9,18H2,1H3,(H2,20,21,23). The zero-order valence-corrected chi connectivity index (χ0v) is 13.2. The van der Waals surface area contributed by atoms with Crippen molar-refractivity contribution in [1.29, 1.82) is 0 Å². The smallest absolute Gasteiger partial charge is 0.140 e. The number of pyridine rings is 2. The van der Waals surface area contributed by atoms with Gasteiger partial charge in [-0.2, -0.15) is 5.10 Å². The molecule has 24 heavy (non-hydrogen) atoms. The largest absolute Gasteiger partial charge is 0.383 e. The Bertz CT molecular complexity index is 985. The topological polar surface area (TPSA) is 97.4 Å². The lowest BCUT2D eigenvalue weighted by atomic mass is 10.1. The summed E-state index contributed by atoms with van der Waals surface area (Å²) in [5, 5.41) is 8.57. The molecular formula is C17H17N7. The Hall–Kier alpha value is -3.35. The molecule has 0 spiro atoms. The third kappa shape index (κ3) is 2.45. The molecule has 0 radical (unpaired) electrons. The first-order valence-electron chi connectivity index (χ1n) is 7.62. The number of nitrogens with two attached hydrogens (primary N) is 1. The van der Waals surface area contributed by atoms with Gasteiger partial charge in [-0.1, -0.05) is 6.07 Å². The monoisotopic (exact) mass is 319 g/mol. The summed E-state index contributed by atoms with van der Waals surface area (Å²) in [4.78, 5) is 12.1. The molecule has 0 saturated carbocycles. The lowest BCUT2D eigenvalue weighted by Gasteiger charge is -2.09. The molecule has 7 heteroatoms. The van der Waals surface area contributed by atoms with Crippen LogP contribution in [0.4, 0.5) is 11.6 Å². The average molecular weight is 319 g/mol. The van der Waals surface area contributed by atoms with Crippen molar-refractivity contribution in [1.82, 2.24) is 24.7 Å². The van der Waals surface area contributed by atoms with Crippen molar-refractivity contribution < 1.29 is 0 Å². The normalized spacial score (nSPS) is 11.0. The SMILES string of the molecule is Cn1ncc(-c2cc(NCc3ccccn3)nc3[nH]ccc23)c1N. The van der Waals surface area contributed by atoms with Gasteiger partial charge in [-0.15, -0.1) is 0 Å². The van der Waals surface area contributed by atoms with E-state index in [1.807, 2.05) is 43.6 Å². The van der Waals surface area contributed by atoms with Crippen molar-refractivity contribution in [2.24, 2.45) is 7.05 Å². The van der Waals surface area contributed by atoms with Crippen LogP contribution in [-0.4, -0.2) is 24.7 Å². The summed E-state index contributed by atoms with van der Waals surface area (Å²) < 4.78 is 1.66. The van der Waals surface area contributed by atoms with Gasteiger partial charge in [0.2, 0.25) is 0 Å². The number of nitrogens with zero attached hydrogens (tertiary/aromatic N) is 4. The van der Waals surface area contributed by atoms with Gasteiger partial charge in [-0.05, 0) is 24.3 Å². The minimum Gasteiger partial charge on any atom is -0.383 e. The molecule has 0 unspecified atom stereocenters. The average Bonchev–Trinajstić information content (AvgIpc) is 3.21. The molecule has 0 aliphatic carbocycles. The van der Waals surface area contributed by atoms with Gasteiger partial charge in [0.15, 0.2) is 0 Å². The molecule has 4 aromatic rings. The summed E-state index contributed by atoms with van der Waals surface area (Å²) in [5.41, 5.74) is 9.80. The summed E-state index contributed by atoms with van der Waals surface area (Å²) in [6.45, 7) is 0.599. The second-order valence-corrected chi connectivity index (χ2v) is 5.54. The Morgan fingerprint density at radius 3 is 2.92 bits per heavy atom. The summed E-state index contributed by atoms with van der Waals surface area (Å²) in [6, 6.07) is 9.82. The van der Waals surface area contributed by atoms with Crippen LogP contribution in [-0.2, 0) is 13.6 Å². The van der Waals surface area contributed by atoms with E-state index in [4.69, 9.17) is 5.73 Å². The van der Waals surface area contributed by atoms with Gasteiger partial charge < -0.3 is 16.0 Å². The summed E-state index contributed by atoms with van der Waals surface area (Å²) in [6.07, 6.45) is 5.43. The molecular weight excluding hydrogens is 302 g/mol. The minimum absolute atomic E-state index is 0.599. The van der Waals surface area contributed by atoms with Gasteiger partial charge in [-0.3, -0.25) is 9.67 Å². The summed E-state index contributed by atoms with van der Waals surface area (Å²) >= 11 is 0. The number of fused-ring (bicyclic) bond motifs is 1. The van der Waals surface area contributed by atoms with E-state index in [-0.39, 0.29) is 0 Å². The molecule has 4 rings (SSSR count). The van der Waals surface area contributed by atoms with Crippen molar-refractivity contribution in [2.45, 2.75) is 6.54 Å². The van der Waals surface area contributed by atoms with Crippen LogP contribution >= 0.6 is 0 Å². The van der Waals surface area contributed by atoms with Crippen LogP contribution in [0.3, 0.4) is 0 Å². The first kappa shape index (κ1) is 14.3. The lowest BCUT2D eigenvalue weighted by molar-refractivity contribution is 0.779. The van der Waals surface area contributed by atoms with Crippen molar-refractivity contribution in [3.8, 4) is 11.1 Å². The minimum atomic E-state index is 0.599. The van der Waals surface area contributed by atoms with Crippen molar-refractivity contribution in [2.75, 3.05) is 11.1 Å². The zero-order chi connectivity index (χ0) is 16.5. The molecule has 0 saturated heterocycles. The van der Waals surface area contributed by atoms with Crippen LogP contribution in [0, 0.1) is 0 Å². The molecule has 120 valence electrons. The van der Waals surface area contributed by atoms with E-state index >= 15 is 0 Å². The second kappa shape index (κ2) is 5.69. The Kier molecular flexibility index (Phi) is 3.38. The van der Waals surface area contributed by atoms with Gasteiger partial charge >= 0.3 is 0 Å². The highest BCUT2D eigenvalue weighted by Gasteiger charge is 2.14. The second-order valence-electron chi connectivity index (χ2n) is 5.54. The predicted octanol–water partition coefficient (Wildman–Crippen LogP) is 2.55. The van der Waals surface area contributed by atoms with Crippen LogP contribution in [0.25, 0.3) is 22.2 Å². The van der Waals surface area contributed by atoms with Crippen LogP contribution < -0.4 is 11.1 Å². The molecule has 4 aromatic heterocycles. The van der Waals surface area contributed by atoms with Crippen molar-refractivity contribution >= 4 is 22.7 Å². The molecule has 0 amide bonds. The molecule has 0 atom stereocenters. The van der Waals surface area contributed by atoms with Gasteiger partial charge in [0.25, 0.3) is 0 Å². The Morgan fingerprint density at radius 1 is 1.25 bits per heavy atom. The van der Waals surface area contributed by atoms with E-state index in [1.165, 1.54) is 0 Å². The fourth-order valence-corrected chi connectivity index (χ4v) is 2.69. The van der Waals surface area contributed by atoms with E-state index in [0.29, 0.717) is 12.4 Å². The van der Waals surface area contributed by atoms with E-state index < -0.39 is 0 Å². The van der Waals surface area contributed by atoms with E-state index in [2.05, 4.69) is 25.4 Å². The quantitative estimate of drug-likeness (QED) is 0.537. The number of anilines is 2. The zero-order valence-electron chi connectivity index (χ0n) is 13.2. The third-order valence-corrected chi connectivity index (χ3v) is 3.98. The van der Waals surface area contributed by atoms with Crippen LogP contribution in [0.1, 0.15) is 5.69 Å². The maximum atomic E-state index is 6.15. The Labute approximate surface area is 138 Å². The van der Waals surface area contributed by atoms with Crippen LogP contribution in [0.15, 0.2) is 48.9 Å². The Balaban J connectivity index is 1.74. The number of H-pyrrole nitrogens is 1. The number of aromatic nitrogens is 5. The van der Waals surface area contributed by atoms with E-state index in [9.17, 15) is 0 Å². The molecule has 0 fully saturated rings. The van der Waals surface area contributed by atoms with Crippen LogP contribution in [0.5, 0.6) is 0 Å². The maximum Gasteiger partial charge on any atom is 0.140 e. The predicted molar refractivity (Wildman–Crippen MR) is 94.3 cm³/mol. The molecule has 0 aliphatic heterocycles. The summed E-state index contributed by atoms with van der Waals surface area (Å²) in [7, 11) is 1.83. The number of rotatable bonds is 4. The molecule has 4 N–H and O–H groups in total. The molecule has 7 nitrogen and oxygen atoms in total. The fraction of sp³-hybridized carbons (Fsp3) is 0.118. The highest BCUT2D eigenvalue weighted by Crippen LogP contribution is 2.33. The number of nitrogen functional groups attached to an aromatic ring is 1. The number of hydrogen-bond donors (Lipinski definition) is 3. The highest BCUT2D eigenvalue weighted by atomic mass is 15.3. The van der Waals surface area contributed by atoms with Gasteiger partial charge in [0, 0.05) is 36.0 Å². The first-order chi connectivity index (χ1) is 11.7. The molecule has 0 aromatic carbocycles. The van der Waals surface area contributed by atoms with E-state index in [1.54, 1.807) is 17.1 Å². The molecule has 0 bridgehead atoms. The number of aryl methyl sites for hydroxylation is 1. The number of aromatic amines is 1. The van der Waals surface area contributed by atoms with Gasteiger partial charge in [-0.25, -0.2) is 4.98 Å². The summed E-state index contributed by atoms with van der Waals surface area (Å²) in [5.74, 6) is 1.38. The van der Waals surface area contributed by atoms with Gasteiger partial charge in [0.1, 0.15) is 17.3 Å². The van der Waals surface area contributed by atoms with Crippen molar-refractivity contribution in [3.05, 3.63) is 54.6 Å². The third-order valence-electron chi connectivity index (χ3n) is 3.98. The van der Waals surface area contributed by atoms with Gasteiger partial charge in [0.05, 0.1) is 18.4 Å². The van der Waals surface area contributed by atoms with Crippen LogP contribution in [0.2, 0.25) is 0 Å². The molecule has 4 heterocycles.